The fourth-order valence-electron chi connectivity index (χ4n) is 1.25. The predicted octanol–water partition coefficient (Wildman–Crippen LogP) is 2.13. The van der Waals surface area contributed by atoms with Gasteiger partial charge in [0, 0.05) is 19.8 Å². The van der Waals surface area contributed by atoms with Crippen LogP contribution in [-0.2, 0) is 6.18 Å². The Balaban J connectivity index is 3.44. The summed E-state index contributed by atoms with van der Waals surface area (Å²) in [5.41, 5.74) is 2.68. The molecule has 7 heteroatoms. The normalized spacial score (nSPS) is 11.4. The minimum absolute atomic E-state index is 0.316. The van der Waals surface area contributed by atoms with E-state index in [1.54, 1.807) is 0 Å². The van der Waals surface area contributed by atoms with Crippen molar-refractivity contribution in [3.8, 4) is 0 Å². The number of carbonyl (C=O) groups excluding carboxylic acids is 1. The Bertz CT molecular complexity index is 454. The molecule has 0 aliphatic carbocycles. The summed E-state index contributed by atoms with van der Waals surface area (Å²) in [7, 11) is 2.61. The van der Waals surface area contributed by atoms with Gasteiger partial charge in [0.1, 0.15) is 5.82 Å². The van der Waals surface area contributed by atoms with Crippen LogP contribution >= 0.6 is 0 Å². The molecule has 0 saturated carbocycles. The van der Waals surface area contributed by atoms with E-state index in [1.807, 2.05) is 0 Å². The van der Waals surface area contributed by atoms with Crippen molar-refractivity contribution in [1.29, 1.82) is 0 Å². The highest BCUT2D eigenvalue weighted by Crippen LogP contribution is 2.34. The molecule has 0 fully saturated rings. The van der Waals surface area contributed by atoms with E-state index >= 15 is 0 Å². The number of anilines is 1. The molecule has 1 aromatic rings. The summed E-state index contributed by atoms with van der Waals surface area (Å²) in [4.78, 5) is 12.4. The average Bonchev–Trinajstić information content (AvgIpc) is 2.18. The van der Waals surface area contributed by atoms with Gasteiger partial charge in [0.05, 0.1) is 11.1 Å². The van der Waals surface area contributed by atoms with Gasteiger partial charge < -0.3 is 10.6 Å². The second kappa shape index (κ2) is 4.23. The number of alkyl halides is 3. The first-order valence-corrected chi connectivity index (χ1v) is 4.52. The first kappa shape index (κ1) is 13.3. The Labute approximate surface area is 94.8 Å². The monoisotopic (exact) mass is 250 g/mol. The van der Waals surface area contributed by atoms with Crippen molar-refractivity contribution in [2.45, 2.75) is 6.18 Å². The fourth-order valence-corrected chi connectivity index (χ4v) is 1.25. The van der Waals surface area contributed by atoms with Crippen molar-refractivity contribution >= 4 is 11.6 Å². The van der Waals surface area contributed by atoms with Gasteiger partial charge in [-0.1, -0.05) is 0 Å². The SMILES string of the molecule is CN(C)C(=O)c1cc(N)cc(C(F)(F)F)c1F. The molecule has 0 spiro atoms. The number of carbonyl (C=O) groups is 1. The highest BCUT2D eigenvalue weighted by atomic mass is 19.4. The maximum absolute atomic E-state index is 13.5. The maximum Gasteiger partial charge on any atom is 0.419 e. The van der Waals surface area contributed by atoms with Gasteiger partial charge in [-0.15, -0.1) is 0 Å². The van der Waals surface area contributed by atoms with Crippen LogP contribution in [0.2, 0.25) is 0 Å². The molecule has 0 unspecified atom stereocenters. The molecule has 17 heavy (non-hydrogen) atoms. The molecule has 3 nitrogen and oxygen atoms in total. The van der Waals surface area contributed by atoms with Crippen molar-refractivity contribution in [2.75, 3.05) is 19.8 Å². The van der Waals surface area contributed by atoms with Gasteiger partial charge in [-0.3, -0.25) is 4.79 Å². The summed E-state index contributed by atoms with van der Waals surface area (Å²) in [5.74, 6) is -2.48. The highest BCUT2D eigenvalue weighted by Gasteiger charge is 2.36. The van der Waals surface area contributed by atoms with E-state index in [2.05, 4.69) is 0 Å². The van der Waals surface area contributed by atoms with Gasteiger partial charge in [0.25, 0.3) is 5.91 Å². The lowest BCUT2D eigenvalue weighted by atomic mass is 10.1. The van der Waals surface area contributed by atoms with Crippen molar-refractivity contribution in [3.05, 3.63) is 29.1 Å². The van der Waals surface area contributed by atoms with E-state index < -0.39 is 29.0 Å². The molecule has 0 saturated heterocycles. The molecule has 0 aliphatic heterocycles. The lowest BCUT2D eigenvalue weighted by molar-refractivity contribution is -0.139. The zero-order valence-corrected chi connectivity index (χ0v) is 9.10. The first-order valence-electron chi connectivity index (χ1n) is 4.52. The number of amides is 1. The summed E-state index contributed by atoms with van der Waals surface area (Å²) >= 11 is 0. The lowest BCUT2D eigenvalue weighted by Crippen LogP contribution is -2.24. The maximum atomic E-state index is 13.5. The second-order valence-corrected chi connectivity index (χ2v) is 3.63. The Morgan fingerprint density at radius 2 is 1.82 bits per heavy atom. The molecular weight excluding hydrogens is 240 g/mol. The second-order valence-electron chi connectivity index (χ2n) is 3.63. The Kier molecular flexibility index (Phi) is 3.30. The lowest BCUT2D eigenvalue weighted by Gasteiger charge is -2.15. The Morgan fingerprint density at radius 1 is 1.29 bits per heavy atom. The molecule has 0 radical (unpaired) electrons. The van der Waals surface area contributed by atoms with Crippen LogP contribution in [0.25, 0.3) is 0 Å². The average molecular weight is 250 g/mol. The van der Waals surface area contributed by atoms with E-state index in [0.717, 1.165) is 11.0 Å². The molecule has 0 bridgehead atoms. The molecular formula is C10H10F4N2O. The first-order chi connectivity index (χ1) is 7.64. The van der Waals surface area contributed by atoms with Crippen molar-refractivity contribution in [3.63, 3.8) is 0 Å². The minimum Gasteiger partial charge on any atom is -0.399 e. The van der Waals surface area contributed by atoms with Crippen LogP contribution in [0.15, 0.2) is 12.1 Å². The summed E-state index contributed by atoms with van der Waals surface area (Å²) in [6.45, 7) is 0. The van der Waals surface area contributed by atoms with Crippen LogP contribution in [0.5, 0.6) is 0 Å². The van der Waals surface area contributed by atoms with Crippen molar-refractivity contribution in [1.82, 2.24) is 4.90 Å². The molecule has 2 N–H and O–H groups in total. The summed E-state index contributed by atoms with van der Waals surface area (Å²) in [6.07, 6.45) is -4.89. The quantitative estimate of drug-likeness (QED) is 0.613. The van der Waals surface area contributed by atoms with Crippen molar-refractivity contribution in [2.24, 2.45) is 0 Å². The molecule has 0 heterocycles. The molecule has 94 valence electrons. The van der Waals surface area contributed by atoms with E-state index in [9.17, 15) is 22.4 Å². The van der Waals surface area contributed by atoms with Crippen LogP contribution in [0.1, 0.15) is 15.9 Å². The Morgan fingerprint density at radius 3 is 2.24 bits per heavy atom. The smallest absolute Gasteiger partial charge is 0.399 e. The van der Waals surface area contributed by atoms with E-state index in [0.29, 0.717) is 6.07 Å². The van der Waals surface area contributed by atoms with Gasteiger partial charge in [0.15, 0.2) is 0 Å². The molecule has 0 aromatic heterocycles. The van der Waals surface area contributed by atoms with Crippen LogP contribution in [0.3, 0.4) is 0 Å². The number of rotatable bonds is 1. The van der Waals surface area contributed by atoms with Gasteiger partial charge >= 0.3 is 6.18 Å². The summed E-state index contributed by atoms with van der Waals surface area (Å²) in [5, 5.41) is 0. The topological polar surface area (TPSA) is 46.3 Å². The van der Waals surface area contributed by atoms with Gasteiger partial charge in [-0.2, -0.15) is 13.2 Å². The highest BCUT2D eigenvalue weighted by molar-refractivity contribution is 5.95. The predicted molar refractivity (Wildman–Crippen MR) is 53.8 cm³/mol. The third kappa shape index (κ3) is 2.66. The summed E-state index contributed by atoms with van der Waals surface area (Å²) in [6, 6.07) is 1.34. The van der Waals surface area contributed by atoms with E-state index in [-0.39, 0.29) is 5.69 Å². The molecule has 0 atom stereocenters. The molecule has 0 aliphatic rings. The number of nitrogens with zero attached hydrogens (tertiary/aromatic N) is 1. The van der Waals surface area contributed by atoms with Crippen LogP contribution < -0.4 is 5.73 Å². The largest absolute Gasteiger partial charge is 0.419 e. The van der Waals surface area contributed by atoms with Crippen LogP contribution in [-0.4, -0.2) is 24.9 Å². The number of halogens is 4. The minimum atomic E-state index is -4.89. The molecule has 1 amide bonds. The Hall–Kier alpha value is -1.79. The van der Waals surface area contributed by atoms with Gasteiger partial charge in [0.2, 0.25) is 0 Å². The summed E-state index contributed by atoms with van der Waals surface area (Å²) < 4.78 is 50.9. The van der Waals surface area contributed by atoms with Crippen LogP contribution in [0, 0.1) is 5.82 Å². The number of benzene rings is 1. The van der Waals surface area contributed by atoms with Crippen LogP contribution in [0.4, 0.5) is 23.2 Å². The standard InChI is InChI=1S/C10H10F4N2O/c1-16(2)9(17)6-3-5(15)4-7(8(6)11)10(12,13)14/h3-4H,15H2,1-2H3. The van der Waals surface area contributed by atoms with Gasteiger partial charge in [-0.05, 0) is 12.1 Å². The van der Waals surface area contributed by atoms with Crippen molar-refractivity contribution < 1.29 is 22.4 Å². The van der Waals surface area contributed by atoms with Gasteiger partial charge in [-0.25, -0.2) is 4.39 Å². The number of nitrogen functional groups attached to an aromatic ring is 1. The van der Waals surface area contributed by atoms with E-state index in [1.165, 1.54) is 14.1 Å². The molecule has 1 rings (SSSR count). The number of hydrogen-bond donors (Lipinski definition) is 1. The van der Waals surface area contributed by atoms with E-state index in [4.69, 9.17) is 5.73 Å². The number of hydrogen-bond acceptors (Lipinski definition) is 2. The molecule has 1 aromatic carbocycles. The zero-order valence-electron chi connectivity index (χ0n) is 9.10. The third-order valence-corrected chi connectivity index (χ3v) is 2.04. The third-order valence-electron chi connectivity index (χ3n) is 2.04. The fraction of sp³-hybridized carbons (Fsp3) is 0.300. The number of nitrogens with two attached hydrogens (primary N) is 1. The zero-order chi connectivity index (χ0) is 13.4.